The zero-order valence-corrected chi connectivity index (χ0v) is 14.4. The van der Waals surface area contributed by atoms with Crippen LogP contribution in [0.15, 0.2) is 15.1 Å². The number of nitrogens with one attached hydrogen (secondary N) is 1. The summed E-state index contributed by atoms with van der Waals surface area (Å²) in [6, 6.07) is -0.372. The van der Waals surface area contributed by atoms with Gasteiger partial charge >= 0.3 is 0 Å². The normalized spacial score (nSPS) is 15.8. The van der Waals surface area contributed by atoms with E-state index in [1.54, 1.807) is 6.92 Å². The van der Waals surface area contributed by atoms with Gasteiger partial charge in [-0.2, -0.15) is 4.98 Å². The van der Waals surface area contributed by atoms with Crippen LogP contribution < -0.4 is 5.32 Å². The molecule has 1 aliphatic rings. The maximum absolute atomic E-state index is 11.7. The third-order valence-corrected chi connectivity index (χ3v) is 3.88. The van der Waals surface area contributed by atoms with Crippen LogP contribution in [0.4, 0.5) is 0 Å². The molecule has 9 heteroatoms. The Balaban J connectivity index is 1.84. The molecule has 3 amide bonds. The van der Waals surface area contributed by atoms with Gasteiger partial charge < -0.3 is 9.84 Å². The minimum atomic E-state index is -0.372. The number of aryl methyl sites for hydroxylation is 1. The Morgan fingerprint density at radius 1 is 1.43 bits per heavy atom. The van der Waals surface area contributed by atoms with E-state index in [-0.39, 0.29) is 28.2 Å². The van der Waals surface area contributed by atoms with E-state index in [0.717, 1.165) is 0 Å². The summed E-state index contributed by atoms with van der Waals surface area (Å²) in [6.45, 7) is 3.45. The Bertz CT molecular complexity index is 655. The van der Waals surface area contributed by atoms with E-state index in [9.17, 15) is 14.4 Å². The van der Waals surface area contributed by atoms with Crippen LogP contribution >= 0.6 is 15.9 Å². The van der Waals surface area contributed by atoms with Crippen molar-refractivity contribution in [2.24, 2.45) is 0 Å². The first-order valence-corrected chi connectivity index (χ1v) is 7.98. The number of nitrogens with zero attached hydrogens (tertiary/aromatic N) is 3. The van der Waals surface area contributed by atoms with E-state index in [1.807, 2.05) is 0 Å². The maximum Gasteiger partial charge on any atom is 0.267 e. The second-order valence-electron chi connectivity index (χ2n) is 5.22. The molecule has 2 heterocycles. The van der Waals surface area contributed by atoms with Crippen molar-refractivity contribution in [2.75, 3.05) is 6.54 Å². The molecular weight excluding hydrogens is 368 g/mol. The number of aromatic nitrogens is 2. The number of hydrogen-bond donors (Lipinski definition) is 1. The highest BCUT2D eigenvalue weighted by Crippen LogP contribution is 2.21. The highest BCUT2D eigenvalue weighted by atomic mass is 79.9. The van der Waals surface area contributed by atoms with E-state index in [0.29, 0.717) is 37.5 Å². The number of carbonyl (C=O) groups excluding carboxylic acids is 3. The summed E-state index contributed by atoms with van der Waals surface area (Å²) in [7, 11) is 0. The fourth-order valence-electron chi connectivity index (χ4n) is 2.26. The Hall–Kier alpha value is -2.03. The van der Waals surface area contributed by atoms with Crippen molar-refractivity contribution in [1.29, 1.82) is 0 Å². The first-order chi connectivity index (χ1) is 10.9. The first kappa shape index (κ1) is 17.3. The molecule has 1 aromatic heterocycles. The fraction of sp³-hybridized carbons (Fsp3) is 0.500. The van der Waals surface area contributed by atoms with Crippen molar-refractivity contribution in [1.82, 2.24) is 20.4 Å². The number of halogens is 1. The van der Waals surface area contributed by atoms with Crippen molar-refractivity contribution in [3.8, 4) is 0 Å². The van der Waals surface area contributed by atoms with Crippen LogP contribution in [0.3, 0.4) is 0 Å². The zero-order chi connectivity index (χ0) is 17.0. The molecule has 0 aliphatic carbocycles. The van der Waals surface area contributed by atoms with Crippen LogP contribution in [0, 0.1) is 6.92 Å². The third kappa shape index (κ3) is 4.47. The van der Waals surface area contributed by atoms with Crippen LogP contribution in [0.1, 0.15) is 43.9 Å². The summed E-state index contributed by atoms with van der Waals surface area (Å²) in [5, 5.41) is 6.48. The van der Waals surface area contributed by atoms with Gasteiger partial charge in [0.15, 0.2) is 5.82 Å². The summed E-state index contributed by atoms with van der Waals surface area (Å²) in [5.41, 5.74) is 0. The summed E-state index contributed by atoms with van der Waals surface area (Å²) < 4.78 is 5.37. The lowest BCUT2D eigenvalue weighted by molar-refractivity contribution is -0.137. The highest BCUT2D eigenvalue weighted by Gasteiger charge is 2.29. The van der Waals surface area contributed by atoms with Gasteiger partial charge in [0, 0.05) is 19.5 Å². The van der Waals surface area contributed by atoms with E-state index >= 15 is 0 Å². The van der Waals surface area contributed by atoms with Crippen LogP contribution in [0.5, 0.6) is 0 Å². The molecule has 1 aliphatic heterocycles. The summed E-state index contributed by atoms with van der Waals surface area (Å²) in [5.74, 6) is 0.0348. The van der Waals surface area contributed by atoms with Crippen molar-refractivity contribution in [3.63, 3.8) is 0 Å². The van der Waals surface area contributed by atoms with Crippen molar-refractivity contribution in [3.05, 3.63) is 22.3 Å². The zero-order valence-electron chi connectivity index (χ0n) is 12.8. The van der Waals surface area contributed by atoms with Crippen LogP contribution in [-0.2, 0) is 14.4 Å². The molecule has 1 atom stereocenters. The van der Waals surface area contributed by atoms with Gasteiger partial charge in [-0.1, -0.05) is 5.16 Å². The number of rotatable bonds is 7. The lowest BCUT2D eigenvalue weighted by Gasteiger charge is -2.16. The van der Waals surface area contributed by atoms with Crippen LogP contribution in [0.2, 0.25) is 0 Å². The topological polar surface area (TPSA) is 105 Å². The van der Waals surface area contributed by atoms with E-state index < -0.39 is 0 Å². The van der Waals surface area contributed by atoms with Gasteiger partial charge in [0.05, 0.1) is 4.48 Å². The molecule has 124 valence electrons. The monoisotopic (exact) mass is 384 g/mol. The number of unbranched alkanes of at least 4 members (excludes halogenated alkanes) is 1. The molecule has 0 unspecified atom stereocenters. The van der Waals surface area contributed by atoms with Gasteiger partial charge in [-0.25, -0.2) is 0 Å². The lowest BCUT2D eigenvalue weighted by Crippen LogP contribution is -2.31. The van der Waals surface area contributed by atoms with Gasteiger partial charge in [0.1, 0.15) is 6.04 Å². The predicted octanol–water partition coefficient (Wildman–Crippen LogP) is 1.37. The summed E-state index contributed by atoms with van der Waals surface area (Å²) in [4.78, 5) is 39.9. The van der Waals surface area contributed by atoms with Crippen molar-refractivity contribution < 1.29 is 18.9 Å². The SMILES string of the molecule is CC(=O)N[C@@H](CCCCN1C(=O)C=C(Br)C1=O)c1nc(C)no1. The third-order valence-electron chi connectivity index (χ3n) is 3.31. The average Bonchev–Trinajstić information content (AvgIpc) is 3.00. The second kappa shape index (κ2) is 7.49. The van der Waals surface area contributed by atoms with E-state index in [1.165, 1.54) is 17.9 Å². The Morgan fingerprint density at radius 3 is 2.70 bits per heavy atom. The predicted molar refractivity (Wildman–Crippen MR) is 83.2 cm³/mol. The van der Waals surface area contributed by atoms with Crippen LogP contribution in [-0.4, -0.2) is 39.3 Å². The molecular formula is C14H17BrN4O4. The van der Waals surface area contributed by atoms with Gasteiger partial charge in [-0.05, 0) is 42.1 Å². The quantitative estimate of drug-likeness (QED) is 0.562. The number of imide groups is 1. The molecule has 2 rings (SSSR count). The van der Waals surface area contributed by atoms with Gasteiger partial charge in [0.25, 0.3) is 11.8 Å². The highest BCUT2D eigenvalue weighted by molar-refractivity contribution is 9.12. The molecule has 0 aromatic carbocycles. The van der Waals surface area contributed by atoms with Crippen molar-refractivity contribution in [2.45, 2.75) is 39.2 Å². The Labute approximate surface area is 141 Å². The molecule has 0 saturated carbocycles. The number of hydrogen-bond acceptors (Lipinski definition) is 6. The minimum Gasteiger partial charge on any atom is -0.345 e. The minimum absolute atomic E-state index is 0.191. The Morgan fingerprint density at radius 2 is 2.17 bits per heavy atom. The molecule has 0 radical (unpaired) electrons. The van der Waals surface area contributed by atoms with Gasteiger partial charge in [-0.15, -0.1) is 0 Å². The maximum atomic E-state index is 11.7. The number of carbonyl (C=O) groups is 3. The molecule has 1 aromatic rings. The van der Waals surface area contributed by atoms with Crippen molar-refractivity contribution >= 4 is 33.7 Å². The first-order valence-electron chi connectivity index (χ1n) is 7.19. The summed E-state index contributed by atoms with van der Waals surface area (Å²) in [6.07, 6.45) is 3.14. The van der Waals surface area contributed by atoms with E-state index in [4.69, 9.17) is 4.52 Å². The Kier molecular flexibility index (Phi) is 5.64. The fourth-order valence-corrected chi connectivity index (χ4v) is 2.67. The molecule has 0 fully saturated rings. The molecule has 1 N–H and O–H groups in total. The number of amides is 3. The standard InChI is InChI=1S/C14H17BrN4O4/c1-8-16-13(23-18-8)11(17-9(2)20)5-3-4-6-19-12(21)7-10(15)14(19)22/h7,11H,3-6H2,1-2H3,(H,17,20)/t11-/m0/s1. The molecule has 0 bridgehead atoms. The van der Waals surface area contributed by atoms with E-state index in [2.05, 4.69) is 31.4 Å². The molecule has 0 saturated heterocycles. The van der Waals surface area contributed by atoms with Gasteiger partial charge in [-0.3, -0.25) is 19.3 Å². The van der Waals surface area contributed by atoms with Crippen LogP contribution in [0.25, 0.3) is 0 Å². The molecule has 0 spiro atoms. The van der Waals surface area contributed by atoms with Gasteiger partial charge in [0.2, 0.25) is 11.8 Å². The largest absolute Gasteiger partial charge is 0.345 e. The smallest absolute Gasteiger partial charge is 0.267 e. The summed E-state index contributed by atoms with van der Waals surface area (Å²) >= 11 is 3.05. The average molecular weight is 385 g/mol. The second-order valence-corrected chi connectivity index (χ2v) is 6.07. The molecule has 23 heavy (non-hydrogen) atoms. The molecule has 8 nitrogen and oxygen atoms in total. The lowest BCUT2D eigenvalue weighted by atomic mass is 10.1.